The first kappa shape index (κ1) is 33.3. The van der Waals surface area contributed by atoms with Gasteiger partial charge in [-0.1, -0.05) is 20.8 Å². The summed E-state index contributed by atoms with van der Waals surface area (Å²) in [6.45, 7) is 9.48. The monoisotopic (exact) mass is 643 g/mol. The van der Waals surface area contributed by atoms with Gasteiger partial charge in [0.25, 0.3) is 0 Å². The molecule has 1 aliphatic heterocycles. The first-order valence-corrected chi connectivity index (χ1v) is 15.5. The lowest BCUT2D eigenvalue weighted by molar-refractivity contribution is -0.143. The highest BCUT2D eigenvalue weighted by molar-refractivity contribution is 6.03. The van der Waals surface area contributed by atoms with E-state index in [4.69, 9.17) is 9.15 Å². The fourth-order valence-corrected chi connectivity index (χ4v) is 5.67. The van der Waals surface area contributed by atoms with Crippen LogP contribution in [-0.4, -0.2) is 71.4 Å². The Balaban J connectivity index is 1.42. The van der Waals surface area contributed by atoms with Gasteiger partial charge in [-0.05, 0) is 57.4 Å². The van der Waals surface area contributed by atoms with Crippen LogP contribution in [0.4, 0.5) is 17.2 Å². The van der Waals surface area contributed by atoms with Crippen LogP contribution in [0.5, 0.6) is 5.75 Å². The van der Waals surface area contributed by atoms with Crippen molar-refractivity contribution in [2.75, 3.05) is 31.3 Å². The molecule has 13 nitrogen and oxygen atoms in total. The van der Waals surface area contributed by atoms with Crippen LogP contribution < -0.4 is 31.4 Å². The van der Waals surface area contributed by atoms with Crippen LogP contribution in [0.2, 0.25) is 0 Å². The Morgan fingerprint density at radius 3 is 2.55 bits per heavy atom. The molecule has 5 rings (SSSR count). The number of methoxy groups -OCH3 is 1. The van der Waals surface area contributed by atoms with Crippen LogP contribution in [0.25, 0.3) is 21.9 Å². The van der Waals surface area contributed by atoms with Gasteiger partial charge in [-0.3, -0.25) is 19.2 Å². The van der Waals surface area contributed by atoms with Gasteiger partial charge < -0.3 is 35.3 Å². The summed E-state index contributed by atoms with van der Waals surface area (Å²) >= 11 is 0. The number of benzene rings is 2. The third-order valence-electron chi connectivity index (χ3n) is 8.39. The summed E-state index contributed by atoms with van der Waals surface area (Å²) in [6, 6.07) is 7.98. The van der Waals surface area contributed by atoms with E-state index in [1.165, 1.54) is 19.5 Å². The summed E-state index contributed by atoms with van der Waals surface area (Å²) in [6.07, 6.45) is 2.53. The predicted molar refractivity (Wildman–Crippen MR) is 180 cm³/mol. The minimum atomic E-state index is -0.827. The lowest BCUT2D eigenvalue weighted by atomic mass is 9.85. The molecule has 3 atom stereocenters. The van der Waals surface area contributed by atoms with Gasteiger partial charge in [-0.2, -0.15) is 0 Å². The van der Waals surface area contributed by atoms with Crippen LogP contribution in [0.3, 0.4) is 0 Å². The lowest BCUT2D eigenvalue weighted by Crippen LogP contribution is -2.59. The molecule has 0 bridgehead atoms. The summed E-state index contributed by atoms with van der Waals surface area (Å²) in [5.41, 5.74) is 1.30. The topological polar surface area (TPSA) is 168 Å². The van der Waals surface area contributed by atoms with E-state index in [2.05, 4.69) is 31.2 Å². The number of rotatable bonds is 9. The molecule has 3 unspecified atom stereocenters. The molecule has 2 aromatic heterocycles. The number of nitrogens with zero attached hydrogens (tertiary/aromatic N) is 3. The van der Waals surface area contributed by atoms with Gasteiger partial charge in [0.15, 0.2) is 5.43 Å². The van der Waals surface area contributed by atoms with Gasteiger partial charge in [-0.15, -0.1) is 0 Å². The second-order valence-corrected chi connectivity index (χ2v) is 12.8. The van der Waals surface area contributed by atoms with Crippen molar-refractivity contribution in [3.05, 3.63) is 58.7 Å². The van der Waals surface area contributed by atoms with E-state index in [-0.39, 0.29) is 23.2 Å². The van der Waals surface area contributed by atoms with Crippen molar-refractivity contribution < 1.29 is 23.5 Å². The summed E-state index contributed by atoms with van der Waals surface area (Å²) < 4.78 is 11.4. The van der Waals surface area contributed by atoms with Gasteiger partial charge in [0.1, 0.15) is 41.3 Å². The average Bonchev–Trinajstić information content (AvgIpc) is 3.52. The van der Waals surface area contributed by atoms with Gasteiger partial charge >= 0.3 is 0 Å². The van der Waals surface area contributed by atoms with E-state index in [1.54, 1.807) is 56.1 Å². The largest absolute Gasteiger partial charge is 0.494 e. The minimum Gasteiger partial charge on any atom is -0.494 e. The van der Waals surface area contributed by atoms with Crippen molar-refractivity contribution in [3.8, 4) is 5.75 Å². The maximum atomic E-state index is 13.9. The van der Waals surface area contributed by atoms with E-state index in [9.17, 15) is 19.2 Å². The van der Waals surface area contributed by atoms with Gasteiger partial charge in [-0.25, -0.2) is 9.97 Å². The second kappa shape index (κ2) is 13.4. The first-order chi connectivity index (χ1) is 22.3. The van der Waals surface area contributed by atoms with Crippen molar-refractivity contribution >= 4 is 56.8 Å². The molecule has 1 fully saturated rings. The van der Waals surface area contributed by atoms with Crippen molar-refractivity contribution in [1.82, 2.24) is 25.5 Å². The van der Waals surface area contributed by atoms with Gasteiger partial charge in [0.05, 0.1) is 29.7 Å². The molecule has 3 amide bonds. The molecule has 0 spiro atoms. The fourth-order valence-electron chi connectivity index (χ4n) is 5.67. The van der Waals surface area contributed by atoms with E-state index in [0.29, 0.717) is 70.0 Å². The molecule has 47 heavy (non-hydrogen) atoms. The highest BCUT2D eigenvalue weighted by Gasteiger charge is 2.42. The number of hydrogen-bond acceptors (Lipinski definition) is 10. The molecular formula is C34H41N7O6. The average molecular weight is 644 g/mol. The summed E-state index contributed by atoms with van der Waals surface area (Å²) in [5.74, 6) is 0.372. The Hall–Kier alpha value is -5.04. The molecule has 4 aromatic rings. The van der Waals surface area contributed by atoms with E-state index >= 15 is 0 Å². The van der Waals surface area contributed by atoms with Gasteiger partial charge in [0, 0.05) is 35.8 Å². The number of aryl methyl sites for hydroxylation is 1. The molecule has 3 heterocycles. The van der Waals surface area contributed by atoms with Crippen LogP contribution in [0.15, 0.2) is 51.9 Å². The molecule has 1 saturated heterocycles. The maximum Gasteiger partial charge on any atom is 0.247 e. The minimum absolute atomic E-state index is 0.125. The smallest absolute Gasteiger partial charge is 0.247 e. The van der Waals surface area contributed by atoms with E-state index in [1.807, 2.05) is 20.8 Å². The molecule has 2 aromatic carbocycles. The van der Waals surface area contributed by atoms with Crippen molar-refractivity contribution in [1.29, 1.82) is 0 Å². The predicted octanol–water partition coefficient (Wildman–Crippen LogP) is 3.87. The third kappa shape index (κ3) is 7.04. The number of likely N-dealkylation sites (N-methyl/N-ethyl adjacent to an activating group) is 1. The third-order valence-corrected chi connectivity index (χ3v) is 8.39. The summed E-state index contributed by atoms with van der Waals surface area (Å²) in [5, 5.41) is 13.1. The van der Waals surface area contributed by atoms with Crippen LogP contribution in [0.1, 0.15) is 46.3 Å². The highest BCUT2D eigenvalue weighted by atomic mass is 16.5. The first-order valence-electron chi connectivity index (χ1n) is 15.5. The van der Waals surface area contributed by atoms with Gasteiger partial charge in [0.2, 0.25) is 17.7 Å². The molecule has 1 aliphatic rings. The zero-order valence-corrected chi connectivity index (χ0v) is 27.7. The fraction of sp³-hybridized carbons (Fsp3) is 0.412. The Morgan fingerprint density at radius 1 is 1.09 bits per heavy atom. The molecule has 0 saturated carbocycles. The molecule has 248 valence electrons. The molecule has 0 aliphatic carbocycles. The van der Waals surface area contributed by atoms with Crippen molar-refractivity contribution in [3.63, 3.8) is 0 Å². The number of carbonyl (C=O) groups excluding carboxylic acids is 3. The number of anilines is 3. The molecule has 0 radical (unpaired) electrons. The Kier molecular flexibility index (Phi) is 9.48. The van der Waals surface area contributed by atoms with E-state index < -0.39 is 23.5 Å². The maximum absolute atomic E-state index is 13.9. The number of fused-ring (bicyclic) bond motifs is 2. The Morgan fingerprint density at radius 2 is 1.85 bits per heavy atom. The van der Waals surface area contributed by atoms with Crippen LogP contribution >= 0.6 is 0 Å². The van der Waals surface area contributed by atoms with Crippen LogP contribution in [-0.2, 0) is 14.4 Å². The lowest BCUT2D eigenvalue weighted by Gasteiger charge is -2.36. The van der Waals surface area contributed by atoms with Crippen LogP contribution in [0, 0.1) is 12.3 Å². The number of ether oxygens (including phenoxy) is 1. The zero-order chi connectivity index (χ0) is 34.0. The standard InChI is InChI=1S/C34H41N7O6/c1-18-13-26(42)21-11-10-20(14-27(21)47-18)38-30-22-15-24(28(46-7)16-23(22)36-17-37-30)39-32(44)25-9-8-12-41(25)33(45)29(34(3,4)5)40-31(43)19(2)35-6/h10-11,13-17,19,25,29,35H,8-9,12H2,1-7H3,(H,39,44)(H,40,43)(H,36,37,38). The number of carbonyl (C=O) groups is 3. The molecular weight excluding hydrogens is 602 g/mol. The number of amides is 3. The second-order valence-electron chi connectivity index (χ2n) is 12.8. The number of hydrogen-bond donors (Lipinski definition) is 4. The zero-order valence-electron chi connectivity index (χ0n) is 27.7. The van der Waals surface area contributed by atoms with Crippen molar-refractivity contribution in [2.45, 2.75) is 65.6 Å². The van der Waals surface area contributed by atoms with E-state index in [0.717, 1.165) is 0 Å². The summed E-state index contributed by atoms with van der Waals surface area (Å²) in [4.78, 5) is 63.1. The molecule has 13 heteroatoms. The Bertz CT molecular complexity index is 1900. The number of nitrogens with one attached hydrogen (secondary N) is 4. The number of aromatic nitrogens is 2. The normalized spacial score (nSPS) is 16.1. The summed E-state index contributed by atoms with van der Waals surface area (Å²) in [7, 11) is 3.17. The Labute approximate surface area is 272 Å². The SMILES string of the molecule is CNC(C)C(=O)NC(C(=O)N1CCCC1C(=O)Nc1cc2c(Nc3ccc4c(=O)cc(C)oc4c3)ncnc2cc1OC)C(C)(C)C. The molecule has 4 N–H and O–H groups in total. The number of likely N-dealkylation sites (tertiary alicyclic amines) is 1. The highest BCUT2D eigenvalue weighted by Crippen LogP contribution is 2.34. The van der Waals surface area contributed by atoms with Crippen molar-refractivity contribution in [2.24, 2.45) is 5.41 Å². The quantitative estimate of drug-likeness (QED) is 0.210.